The quantitative estimate of drug-likeness (QED) is 0.629. The fourth-order valence-electron chi connectivity index (χ4n) is 3.17. The van der Waals surface area contributed by atoms with E-state index in [0.29, 0.717) is 10.8 Å². The van der Waals surface area contributed by atoms with E-state index >= 15 is 0 Å². The molecule has 0 aliphatic carbocycles. The van der Waals surface area contributed by atoms with Crippen molar-refractivity contribution in [1.29, 1.82) is 0 Å². The van der Waals surface area contributed by atoms with Gasteiger partial charge in [-0.15, -0.1) is 16.9 Å². The van der Waals surface area contributed by atoms with Crippen molar-refractivity contribution in [1.82, 2.24) is 9.91 Å². The predicted octanol–water partition coefficient (Wildman–Crippen LogP) is 5.48. The maximum absolute atomic E-state index is 12.6. The summed E-state index contributed by atoms with van der Waals surface area (Å²) in [6, 6.07) is 18.0. The van der Waals surface area contributed by atoms with Crippen molar-refractivity contribution >= 4 is 58.0 Å². The highest BCUT2D eigenvalue weighted by Crippen LogP contribution is 2.52. The topological polar surface area (TPSA) is 35.9 Å². The molecule has 8 heteroatoms. The van der Waals surface area contributed by atoms with Crippen LogP contribution in [0.2, 0.25) is 5.02 Å². The third-order valence-corrected chi connectivity index (χ3v) is 8.13. The Morgan fingerprint density at radius 1 is 1.00 bits per heavy atom. The molecule has 0 radical (unpaired) electrons. The molecule has 0 saturated carbocycles. The van der Waals surface area contributed by atoms with Crippen LogP contribution in [0.4, 0.5) is 0 Å². The maximum atomic E-state index is 12.6. The highest BCUT2D eigenvalue weighted by molar-refractivity contribution is 8.18. The van der Waals surface area contributed by atoms with E-state index in [2.05, 4.69) is 17.5 Å². The smallest absolute Gasteiger partial charge is 0.239 e. The number of fused-ring (bicyclic) bond motifs is 1. The molecule has 0 N–H and O–H groups in total. The van der Waals surface area contributed by atoms with Gasteiger partial charge >= 0.3 is 0 Å². The van der Waals surface area contributed by atoms with Gasteiger partial charge in [0.2, 0.25) is 5.91 Å². The van der Waals surface area contributed by atoms with Crippen molar-refractivity contribution in [2.45, 2.75) is 10.7 Å². The number of nitrogens with zero attached hydrogens (tertiary/aromatic N) is 3. The largest absolute Gasteiger partial charge is 0.273 e. The number of benzene rings is 2. The van der Waals surface area contributed by atoms with Crippen LogP contribution in [0.15, 0.2) is 70.1 Å². The van der Waals surface area contributed by atoms with Crippen molar-refractivity contribution in [2.24, 2.45) is 5.10 Å². The minimum absolute atomic E-state index is 0.0653. The summed E-state index contributed by atoms with van der Waals surface area (Å²) in [4.78, 5) is 14.4. The van der Waals surface area contributed by atoms with E-state index in [9.17, 15) is 4.79 Å². The Balaban J connectivity index is 1.44. The van der Waals surface area contributed by atoms with Gasteiger partial charge < -0.3 is 0 Å². The maximum Gasteiger partial charge on any atom is 0.239 e. The highest BCUT2D eigenvalue weighted by atomic mass is 35.5. The zero-order valence-electron chi connectivity index (χ0n) is 14.0. The van der Waals surface area contributed by atoms with Gasteiger partial charge in [-0.3, -0.25) is 9.69 Å². The van der Waals surface area contributed by atoms with Crippen LogP contribution in [0.25, 0.3) is 0 Å². The van der Waals surface area contributed by atoms with Gasteiger partial charge in [-0.2, -0.15) is 0 Å². The molecule has 1 fully saturated rings. The number of amides is 1. The highest BCUT2D eigenvalue weighted by Gasteiger charge is 2.42. The van der Waals surface area contributed by atoms with Crippen LogP contribution in [-0.2, 0) is 4.79 Å². The lowest BCUT2D eigenvalue weighted by Gasteiger charge is -2.23. The molecule has 5 rings (SSSR count). The summed E-state index contributed by atoms with van der Waals surface area (Å²) in [5, 5.41) is 11.5. The third kappa shape index (κ3) is 3.16. The van der Waals surface area contributed by atoms with Gasteiger partial charge in [0.25, 0.3) is 0 Å². The second-order valence-electron chi connectivity index (χ2n) is 6.16. The summed E-state index contributed by atoms with van der Waals surface area (Å²) < 4.78 is 0. The SMILES string of the molecule is O=C1CSC(c2ccc(Cl)cc2)N1C1=NN2C(=CSC2c2ccccc2)S1. The van der Waals surface area contributed by atoms with E-state index in [4.69, 9.17) is 16.7 Å². The number of carbonyl (C=O) groups excluding carboxylic acids is 1. The molecule has 3 aliphatic rings. The summed E-state index contributed by atoms with van der Waals surface area (Å²) in [5.41, 5.74) is 2.27. The summed E-state index contributed by atoms with van der Waals surface area (Å²) in [6.07, 6.45) is 0. The molecule has 1 amide bonds. The Bertz CT molecular complexity index is 948. The number of amidine groups is 1. The summed E-state index contributed by atoms with van der Waals surface area (Å²) in [7, 11) is 0. The second kappa shape index (κ2) is 7.13. The molecule has 0 bridgehead atoms. The Morgan fingerprint density at radius 2 is 1.74 bits per heavy atom. The van der Waals surface area contributed by atoms with Gasteiger partial charge in [0.1, 0.15) is 15.8 Å². The molecule has 2 atom stereocenters. The summed E-state index contributed by atoms with van der Waals surface area (Å²) in [6.45, 7) is 0. The molecule has 3 aliphatic heterocycles. The molecule has 136 valence electrons. The average molecular weight is 432 g/mol. The van der Waals surface area contributed by atoms with Crippen LogP contribution in [-0.4, -0.2) is 26.7 Å². The number of halogens is 1. The van der Waals surface area contributed by atoms with Crippen LogP contribution < -0.4 is 0 Å². The van der Waals surface area contributed by atoms with Gasteiger partial charge in [-0.05, 0) is 35.0 Å². The van der Waals surface area contributed by atoms with Crippen LogP contribution in [0.3, 0.4) is 0 Å². The molecule has 2 aromatic carbocycles. The Hall–Kier alpha value is -1.54. The van der Waals surface area contributed by atoms with E-state index in [-0.39, 0.29) is 16.7 Å². The molecule has 0 spiro atoms. The first-order valence-electron chi connectivity index (χ1n) is 8.36. The number of rotatable bonds is 2. The van der Waals surface area contributed by atoms with Gasteiger partial charge in [0, 0.05) is 10.4 Å². The molecule has 1 saturated heterocycles. The zero-order valence-corrected chi connectivity index (χ0v) is 17.2. The first kappa shape index (κ1) is 17.6. The fourth-order valence-corrected chi connectivity index (χ4v) is 6.75. The average Bonchev–Trinajstić information content (AvgIpc) is 3.36. The second-order valence-corrected chi connectivity index (χ2v) is 9.61. The molecule has 2 aromatic rings. The normalized spacial score (nSPS) is 24.3. The van der Waals surface area contributed by atoms with Gasteiger partial charge in [0.05, 0.1) is 5.75 Å². The third-order valence-electron chi connectivity index (χ3n) is 4.45. The summed E-state index contributed by atoms with van der Waals surface area (Å²) >= 11 is 11.0. The van der Waals surface area contributed by atoms with Gasteiger partial charge in [-0.1, -0.05) is 65.8 Å². The van der Waals surface area contributed by atoms with Gasteiger partial charge in [0.15, 0.2) is 5.17 Å². The lowest BCUT2D eigenvalue weighted by atomic mass is 10.2. The van der Waals surface area contributed by atoms with E-state index in [0.717, 1.165) is 15.8 Å². The van der Waals surface area contributed by atoms with Gasteiger partial charge in [-0.25, -0.2) is 5.01 Å². The monoisotopic (exact) mass is 431 g/mol. The number of hydrazone groups is 1. The molecular formula is C19H14ClN3OS3. The fraction of sp³-hybridized carbons (Fsp3) is 0.158. The first-order chi connectivity index (χ1) is 13.2. The van der Waals surface area contributed by atoms with Crippen LogP contribution >= 0.6 is 46.9 Å². The minimum Gasteiger partial charge on any atom is -0.273 e. The lowest BCUT2D eigenvalue weighted by molar-refractivity contribution is -0.124. The van der Waals surface area contributed by atoms with E-state index in [1.54, 1.807) is 35.3 Å². The number of thioether (sulfide) groups is 3. The number of carbonyl (C=O) groups is 1. The molecule has 27 heavy (non-hydrogen) atoms. The molecular weight excluding hydrogens is 418 g/mol. The molecule has 3 heterocycles. The van der Waals surface area contributed by atoms with Crippen molar-refractivity contribution < 1.29 is 4.79 Å². The van der Waals surface area contributed by atoms with E-state index in [1.165, 1.54) is 5.56 Å². The Kier molecular flexibility index (Phi) is 4.63. The molecule has 4 nitrogen and oxygen atoms in total. The van der Waals surface area contributed by atoms with Crippen molar-refractivity contribution in [3.63, 3.8) is 0 Å². The lowest BCUT2D eigenvalue weighted by Crippen LogP contribution is -2.32. The Morgan fingerprint density at radius 3 is 2.52 bits per heavy atom. The Labute approximate surface area is 175 Å². The van der Waals surface area contributed by atoms with Crippen LogP contribution in [0, 0.1) is 0 Å². The van der Waals surface area contributed by atoms with Crippen LogP contribution in [0.1, 0.15) is 21.9 Å². The van der Waals surface area contributed by atoms with Crippen LogP contribution in [0.5, 0.6) is 0 Å². The predicted molar refractivity (Wildman–Crippen MR) is 115 cm³/mol. The molecule has 2 unspecified atom stereocenters. The van der Waals surface area contributed by atoms with Crippen molar-refractivity contribution in [3.05, 3.63) is 81.2 Å². The van der Waals surface area contributed by atoms with Crippen molar-refractivity contribution in [3.8, 4) is 0 Å². The number of hydrogen-bond donors (Lipinski definition) is 0. The standard InChI is InChI=1S/C19H14ClN3OS3/c20-14-8-6-13(7-9-14)17-22(15(24)10-25-17)19-21-23-16(27-19)11-26-18(23)12-4-2-1-3-5-12/h1-9,11,17-18H,10H2. The van der Waals surface area contributed by atoms with E-state index < -0.39 is 0 Å². The zero-order chi connectivity index (χ0) is 18.4. The summed E-state index contributed by atoms with van der Waals surface area (Å²) in [5.74, 6) is 0.555. The van der Waals surface area contributed by atoms with E-state index in [1.807, 2.05) is 52.4 Å². The molecule has 0 aromatic heterocycles. The number of hydrogen-bond acceptors (Lipinski definition) is 6. The minimum atomic E-state index is -0.0653. The first-order valence-corrected chi connectivity index (χ1v) is 11.5. The van der Waals surface area contributed by atoms with Crippen molar-refractivity contribution in [2.75, 3.05) is 5.75 Å².